The van der Waals surface area contributed by atoms with Crippen molar-refractivity contribution in [2.75, 3.05) is 0 Å². The van der Waals surface area contributed by atoms with Crippen LogP contribution >= 0.6 is 0 Å². The molecule has 0 aromatic carbocycles. The van der Waals surface area contributed by atoms with Crippen molar-refractivity contribution >= 4 is 7.12 Å². The molecule has 0 bridgehead atoms. The lowest BCUT2D eigenvalue weighted by molar-refractivity contribution is 0.387. The molecule has 5 heteroatoms. The normalized spacial score (nSPS) is 12.2. The van der Waals surface area contributed by atoms with Crippen molar-refractivity contribution in [1.29, 1.82) is 5.26 Å². The Balaban J connectivity index is 3.35. The Morgan fingerprint density at radius 3 is 2.38 bits per heavy atom. The van der Waals surface area contributed by atoms with Gasteiger partial charge in [-0.3, -0.25) is 0 Å². The highest BCUT2D eigenvalue weighted by Gasteiger charge is 2.17. The smallest absolute Gasteiger partial charge is 0.426 e. The molecule has 0 saturated heterocycles. The minimum Gasteiger partial charge on any atom is -0.426 e. The fraction of sp³-hybridized carbons (Fsp3) is 0.667. The largest absolute Gasteiger partial charge is 0.470 e. The van der Waals surface area contributed by atoms with Gasteiger partial charge in [0.15, 0.2) is 0 Å². The number of nitriles is 1. The summed E-state index contributed by atoms with van der Waals surface area (Å²) < 4.78 is 0. The fourth-order valence-corrected chi connectivity index (χ4v) is 0.211. The Morgan fingerprint density at radius 2 is 2.25 bits per heavy atom. The zero-order chi connectivity index (χ0) is 6.57. The van der Waals surface area contributed by atoms with Gasteiger partial charge in [0.1, 0.15) is 0 Å². The minimum atomic E-state index is -1.57. The molecule has 44 valence electrons. The second-order valence-electron chi connectivity index (χ2n) is 1.44. The Morgan fingerprint density at radius 1 is 1.75 bits per heavy atom. The average molecular weight is 114 g/mol. The molecule has 0 aliphatic carbocycles. The maximum Gasteiger partial charge on any atom is 0.470 e. The van der Waals surface area contributed by atoms with Crippen LogP contribution < -0.4 is 5.73 Å². The van der Waals surface area contributed by atoms with Crippen molar-refractivity contribution in [3.8, 4) is 6.07 Å². The Labute approximate surface area is 47.7 Å². The van der Waals surface area contributed by atoms with E-state index in [0.717, 1.165) is 0 Å². The lowest BCUT2D eigenvalue weighted by atomic mass is 9.79. The summed E-state index contributed by atoms with van der Waals surface area (Å²) in [5.41, 5.74) is 5.00. The van der Waals surface area contributed by atoms with E-state index in [9.17, 15) is 0 Å². The fourth-order valence-electron chi connectivity index (χ4n) is 0.211. The van der Waals surface area contributed by atoms with Crippen LogP contribution in [-0.2, 0) is 0 Å². The minimum absolute atomic E-state index is 0.0301. The van der Waals surface area contributed by atoms with E-state index in [1.807, 2.05) is 0 Å². The number of rotatable bonds is 2. The van der Waals surface area contributed by atoms with Crippen molar-refractivity contribution in [1.82, 2.24) is 0 Å². The van der Waals surface area contributed by atoms with Crippen molar-refractivity contribution in [3.63, 3.8) is 0 Å². The van der Waals surface area contributed by atoms with Gasteiger partial charge in [0, 0.05) is 6.42 Å². The molecule has 4 nitrogen and oxygen atoms in total. The van der Waals surface area contributed by atoms with Gasteiger partial charge in [-0.15, -0.1) is 0 Å². The SMILES string of the molecule is N#CC[C@@H](N)B(O)O. The molecule has 0 aliphatic rings. The first-order valence-electron chi connectivity index (χ1n) is 2.17. The van der Waals surface area contributed by atoms with Crippen LogP contribution in [0.15, 0.2) is 0 Å². The first kappa shape index (κ1) is 7.43. The van der Waals surface area contributed by atoms with E-state index in [0.29, 0.717) is 0 Å². The van der Waals surface area contributed by atoms with Crippen LogP contribution in [0.3, 0.4) is 0 Å². The van der Waals surface area contributed by atoms with E-state index in [1.165, 1.54) is 0 Å². The van der Waals surface area contributed by atoms with Gasteiger partial charge in [0.05, 0.1) is 12.0 Å². The van der Waals surface area contributed by atoms with Gasteiger partial charge in [-0.2, -0.15) is 5.26 Å². The van der Waals surface area contributed by atoms with Crippen molar-refractivity contribution in [2.45, 2.75) is 12.4 Å². The van der Waals surface area contributed by atoms with Gasteiger partial charge in [-0.1, -0.05) is 0 Å². The molecule has 0 saturated carbocycles. The van der Waals surface area contributed by atoms with E-state index in [-0.39, 0.29) is 6.42 Å². The lowest BCUT2D eigenvalue weighted by Crippen LogP contribution is -2.38. The predicted octanol–water partition coefficient (Wildman–Crippen LogP) is -1.76. The van der Waals surface area contributed by atoms with Crippen LogP contribution in [-0.4, -0.2) is 23.1 Å². The van der Waals surface area contributed by atoms with Gasteiger partial charge in [-0.05, 0) is 0 Å². The highest BCUT2D eigenvalue weighted by molar-refractivity contribution is 6.43. The van der Waals surface area contributed by atoms with Gasteiger partial charge in [0.25, 0.3) is 0 Å². The predicted molar refractivity (Wildman–Crippen MR) is 28.4 cm³/mol. The third-order valence-electron chi connectivity index (χ3n) is 0.710. The molecule has 0 aromatic heterocycles. The van der Waals surface area contributed by atoms with E-state index < -0.39 is 13.1 Å². The highest BCUT2D eigenvalue weighted by atomic mass is 16.4. The molecule has 8 heavy (non-hydrogen) atoms. The zero-order valence-electron chi connectivity index (χ0n) is 4.28. The second-order valence-corrected chi connectivity index (χ2v) is 1.44. The molecule has 0 aliphatic heterocycles. The maximum absolute atomic E-state index is 8.23. The van der Waals surface area contributed by atoms with Gasteiger partial charge in [-0.25, -0.2) is 0 Å². The van der Waals surface area contributed by atoms with E-state index >= 15 is 0 Å². The Kier molecular flexibility index (Phi) is 3.20. The number of nitrogens with two attached hydrogens (primary N) is 1. The van der Waals surface area contributed by atoms with Crippen LogP contribution in [0.2, 0.25) is 0 Å². The monoisotopic (exact) mass is 114 g/mol. The van der Waals surface area contributed by atoms with Crippen LogP contribution in [0.4, 0.5) is 0 Å². The van der Waals surface area contributed by atoms with Crippen molar-refractivity contribution < 1.29 is 10.0 Å². The number of nitrogens with zero attached hydrogens (tertiary/aromatic N) is 1. The summed E-state index contributed by atoms with van der Waals surface area (Å²) in [6.45, 7) is 0. The van der Waals surface area contributed by atoms with Crippen LogP contribution in [0.1, 0.15) is 6.42 Å². The molecule has 1 atom stereocenters. The summed E-state index contributed by atoms with van der Waals surface area (Å²) in [6.07, 6.45) is -0.0301. The van der Waals surface area contributed by atoms with Gasteiger partial charge in [0.2, 0.25) is 0 Å². The second kappa shape index (κ2) is 3.44. The molecular weight excluding hydrogens is 107 g/mol. The van der Waals surface area contributed by atoms with Crippen molar-refractivity contribution in [3.05, 3.63) is 0 Å². The highest BCUT2D eigenvalue weighted by Crippen LogP contribution is 1.84. The quantitative estimate of drug-likeness (QED) is 0.371. The average Bonchev–Trinajstić information content (AvgIpc) is 1.67. The van der Waals surface area contributed by atoms with Crippen LogP contribution in [0.5, 0.6) is 0 Å². The lowest BCUT2D eigenvalue weighted by Gasteiger charge is -2.01. The Hall–Kier alpha value is -0.565. The summed E-state index contributed by atoms with van der Waals surface area (Å²) in [4.78, 5) is 0. The maximum atomic E-state index is 8.23. The molecule has 4 N–H and O–H groups in total. The van der Waals surface area contributed by atoms with E-state index in [1.54, 1.807) is 6.07 Å². The standard InChI is InChI=1S/C3H7BN2O2/c5-2-1-3(6)4(7)8/h3,7-8H,1,6H2/t3-/m1/s1. The summed E-state index contributed by atoms with van der Waals surface area (Å²) in [6, 6.07) is 1.70. The molecule has 0 amide bonds. The van der Waals surface area contributed by atoms with Gasteiger partial charge < -0.3 is 15.8 Å². The van der Waals surface area contributed by atoms with Crippen LogP contribution in [0.25, 0.3) is 0 Å². The summed E-state index contributed by atoms with van der Waals surface area (Å²) in [7, 11) is -1.57. The zero-order valence-corrected chi connectivity index (χ0v) is 4.28. The summed E-state index contributed by atoms with van der Waals surface area (Å²) in [5.74, 6) is -0.833. The first-order valence-corrected chi connectivity index (χ1v) is 2.17. The molecule has 0 fully saturated rings. The molecule has 0 spiro atoms. The molecule has 0 aromatic rings. The van der Waals surface area contributed by atoms with Crippen molar-refractivity contribution in [2.24, 2.45) is 5.73 Å². The van der Waals surface area contributed by atoms with Gasteiger partial charge >= 0.3 is 7.12 Å². The molecule has 0 unspecified atom stereocenters. The number of hydrogen-bond acceptors (Lipinski definition) is 4. The first-order chi connectivity index (χ1) is 3.68. The summed E-state index contributed by atoms with van der Waals surface area (Å²) >= 11 is 0. The number of hydrogen-bond donors (Lipinski definition) is 3. The Bertz CT molecular complexity index is 99.9. The summed E-state index contributed by atoms with van der Waals surface area (Å²) in [5, 5.41) is 24.4. The molecule has 0 radical (unpaired) electrons. The molecule has 0 heterocycles. The third-order valence-corrected chi connectivity index (χ3v) is 0.710. The third kappa shape index (κ3) is 2.58. The molecular formula is C3H7BN2O2. The van der Waals surface area contributed by atoms with Crippen LogP contribution in [0, 0.1) is 11.3 Å². The molecule has 0 rings (SSSR count). The van der Waals surface area contributed by atoms with E-state index in [4.69, 9.17) is 21.0 Å². The van der Waals surface area contributed by atoms with E-state index in [2.05, 4.69) is 0 Å². The topological polar surface area (TPSA) is 90.3 Å².